The zero-order valence-electron chi connectivity index (χ0n) is 10.1. The van der Waals surface area contributed by atoms with Crippen molar-refractivity contribution in [1.29, 1.82) is 0 Å². The highest BCUT2D eigenvalue weighted by atomic mass is 32.2. The zero-order chi connectivity index (χ0) is 13.2. The molecule has 0 atom stereocenters. The number of thioether (sulfide) groups is 1. The molecule has 0 heterocycles. The first kappa shape index (κ1) is 13.1. The predicted octanol–water partition coefficient (Wildman–Crippen LogP) is 3.43. The average molecular weight is 270 g/mol. The van der Waals surface area contributed by atoms with Crippen LogP contribution in [0.5, 0.6) is 0 Å². The highest BCUT2D eigenvalue weighted by Gasteiger charge is 2.36. The van der Waals surface area contributed by atoms with Crippen LogP contribution in [0, 0.1) is 15.9 Å². The molecular weight excluding hydrogens is 255 g/mol. The third kappa shape index (κ3) is 2.58. The van der Waals surface area contributed by atoms with Crippen LogP contribution in [0.15, 0.2) is 18.2 Å². The van der Waals surface area contributed by atoms with Gasteiger partial charge < -0.3 is 5.32 Å². The zero-order valence-corrected chi connectivity index (χ0v) is 10.9. The van der Waals surface area contributed by atoms with Gasteiger partial charge in [0.05, 0.1) is 11.0 Å². The Morgan fingerprint density at radius 1 is 1.56 bits per heavy atom. The lowest BCUT2D eigenvalue weighted by atomic mass is 9.84. The summed E-state index contributed by atoms with van der Waals surface area (Å²) in [5, 5.41) is 13.9. The molecule has 1 fully saturated rings. The van der Waals surface area contributed by atoms with Crippen molar-refractivity contribution in [2.75, 3.05) is 18.1 Å². The summed E-state index contributed by atoms with van der Waals surface area (Å²) in [6, 6.07) is 3.62. The fourth-order valence-electron chi connectivity index (χ4n) is 2.09. The number of nitrogens with zero attached hydrogens (tertiary/aromatic N) is 1. The standard InChI is InChI=1S/C12H15FN2O2S/c1-18-12(5-2-6-12)8-14-10-4-3-9(13)7-11(10)15(16)17/h3-4,7,14H,2,5-6,8H2,1H3. The van der Waals surface area contributed by atoms with E-state index in [9.17, 15) is 14.5 Å². The van der Waals surface area contributed by atoms with Gasteiger partial charge in [0.2, 0.25) is 0 Å². The van der Waals surface area contributed by atoms with Crippen molar-refractivity contribution in [3.63, 3.8) is 0 Å². The highest BCUT2D eigenvalue weighted by molar-refractivity contribution is 8.00. The minimum absolute atomic E-state index is 0.183. The Balaban J connectivity index is 2.11. The van der Waals surface area contributed by atoms with Crippen LogP contribution in [0.2, 0.25) is 0 Å². The Kier molecular flexibility index (Phi) is 3.75. The van der Waals surface area contributed by atoms with Crippen molar-refractivity contribution < 1.29 is 9.31 Å². The van der Waals surface area contributed by atoms with E-state index in [-0.39, 0.29) is 10.4 Å². The van der Waals surface area contributed by atoms with Gasteiger partial charge in [0.15, 0.2) is 0 Å². The molecular formula is C12H15FN2O2S. The molecule has 4 nitrogen and oxygen atoms in total. The number of nitro groups is 1. The molecule has 1 aromatic carbocycles. The monoisotopic (exact) mass is 270 g/mol. The number of hydrogen-bond acceptors (Lipinski definition) is 4. The predicted molar refractivity (Wildman–Crippen MR) is 71.6 cm³/mol. The maximum Gasteiger partial charge on any atom is 0.295 e. The second-order valence-electron chi connectivity index (χ2n) is 4.51. The average Bonchev–Trinajstić information content (AvgIpc) is 2.29. The van der Waals surface area contributed by atoms with Gasteiger partial charge in [-0.25, -0.2) is 4.39 Å². The van der Waals surface area contributed by atoms with Gasteiger partial charge in [0, 0.05) is 11.3 Å². The molecule has 1 aromatic rings. The quantitative estimate of drug-likeness (QED) is 0.658. The lowest BCUT2D eigenvalue weighted by Gasteiger charge is -2.40. The van der Waals surface area contributed by atoms with E-state index < -0.39 is 10.7 Å². The summed E-state index contributed by atoms with van der Waals surface area (Å²) >= 11 is 1.79. The highest BCUT2D eigenvalue weighted by Crippen LogP contribution is 2.43. The van der Waals surface area contributed by atoms with Gasteiger partial charge in [-0.15, -0.1) is 0 Å². The van der Waals surface area contributed by atoms with Crippen molar-refractivity contribution in [3.05, 3.63) is 34.1 Å². The first-order valence-corrected chi connectivity index (χ1v) is 7.02. The molecule has 1 saturated carbocycles. The van der Waals surface area contributed by atoms with Crippen LogP contribution >= 0.6 is 11.8 Å². The van der Waals surface area contributed by atoms with E-state index in [1.54, 1.807) is 11.8 Å². The summed E-state index contributed by atoms with van der Waals surface area (Å²) in [5.74, 6) is -0.588. The molecule has 0 radical (unpaired) electrons. The number of halogens is 1. The van der Waals surface area contributed by atoms with Crippen LogP contribution in [0.1, 0.15) is 19.3 Å². The molecule has 18 heavy (non-hydrogen) atoms. The molecule has 0 aromatic heterocycles. The van der Waals surface area contributed by atoms with Crippen molar-refractivity contribution >= 4 is 23.1 Å². The smallest absolute Gasteiger partial charge is 0.295 e. The topological polar surface area (TPSA) is 55.2 Å². The first-order valence-electron chi connectivity index (χ1n) is 5.79. The number of nitro benzene ring substituents is 1. The van der Waals surface area contributed by atoms with E-state index in [0.717, 1.165) is 18.9 Å². The first-order chi connectivity index (χ1) is 8.56. The molecule has 0 amide bonds. The molecule has 2 rings (SSSR count). The molecule has 0 unspecified atom stereocenters. The summed E-state index contributed by atoms with van der Waals surface area (Å²) in [4.78, 5) is 10.3. The molecule has 1 aliphatic rings. The van der Waals surface area contributed by atoms with Crippen LogP contribution in [0.4, 0.5) is 15.8 Å². The van der Waals surface area contributed by atoms with Crippen LogP contribution in [0.3, 0.4) is 0 Å². The Hall–Kier alpha value is -1.30. The van der Waals surface area contributed by atoms with Crippen LogP contribution in [-0.4, -0.2) is 22.5 Å². The van der Waals surface area contributed by atoms with Crippen molar-refractivity contribution in [3.8, 4) is 0 Å². The van der Waals surface area contributed by atoms with Gasteiger partial charge >= 0.3 is 0 Å². The van der Waals surface area contributed by atoms with Crippen molar-refractivity contribution in [2.45, 2.75) is 24.0 Å². The normalized spacial score (nSPS) is 17.0. The number of benzene rings is 1. The fraction of sp³-hybridized carbons (Fsp3) is 0.500. The minimum Gasteiger partial charge on any atom is -0.378 e. The second-order valence-corrected chi connectivity index (χ2v) is 5.79. The summed E-state index contributed by atoms with van der Waals surface area (Å²) in [5.41, 5.74) is 0.187. The molecule has 0 spiro atoms. The van der Waals surface area contributed by atoms with Crippen LogP contribution < -0.4 is 5.32 Å². The molecule has 0 saturated heterocycles. The number of rotatable bonds is 5. The molecule has 0 aliphatic heterocycles. The van der Waals surface area contributed by atoms with E-state index in [1.807, 2.05) is 0 Å². The Bertz CT molecular complexity index is 458. The third-order valence-electron chi connectivity index (χ3n) is 3.46. The maximum absolute atomic E-state index is 13.0. The van der Waals surface area contributed by atoms with Gasteiger partial charge in [-0.05, 0) is 31.2 Å². The maximum atomic E-state index is 13.0. The minimum atomic E-state index is -0.588. The molecule has 0 bridgehead atoms. The fourth-order valence-corrected chi connectivity index (χ4v) is 3.00. The van der Waals surface area contributed by atoms with Gasteiger partial charge in [-0.3, -0.25) is 10.1 Å². The summed E-state index contributed by atoms with van der Waals surface area (Å²) in [6.45, 7) is 0.681. The van der Waals surface area contributed by atoms with E-state index in [1.165, 1.54) is 18.6 Å². The van der Waals surface area contributed by atoms with E-state index >= 15 is 0 Å². The van der Waals surface area contributed by atoms with Gasteiger partial charge in [0.1, 0.15) is 11.5 Å². The number of nitrogens with one attached hydrogen (secondary N) is 1. The Morgan fingerprint density at radius 2 is 2.28 bits per heavy atom. The number of hydrogen-bond donors (Lipinski definition) is 1. The summed E-state index contributed by atoms with van der Waals surface area (Å²) in [6.07, 6.45) is 5.50. The second kappa shape index (κ2) is 5.14. The summed E-state index contributed by atoms with van der Waals surface area (Å²) in [7, 11) is 0. The van der Waals surface area contributed by atoms with Crippen LogP contribution in [0.25, 0.3) is 0 Å². The van der Waals surface area contributed by atoms with Crippen molar-refractivity contribution in [1.82, 2.24) is 0 Å². The van der Waals surface area contributed by atoms with Crippen LogP contribution in [-0.2, 0) is 0 Å². The largest absolute Gasteiger partial charge is 0.378 e. The van der Waals surface area contributed by atoms with Gasteiger partial charge in [-0.1, -0.05) is 6.42 Å². The molecule has 1 N–H and O–H groups in total. The lowest BCUT2D eigenvalue weighted by molar-refractivity contribution is -0.384. The molecule has 1 aliphatic carbocycles. The molecule has 98 valence electrons. The van der Waals surface area contributed by atoms with E-state index in [0.29, 0.717) is 12.2 Å². The van der Waals surface area contributed by atoms with E-state index in [2.05, 4.69) is 11.6 Å². The van der Waals surface area contributed by atoms with E-state index in [4.69, 9.17) is 0 Å². The molecule has 6 heteroatoms. The Morgan fingerprint density at radius 3 is 2.78 bits per heavy atom. The Labute approximate surface area is 109 Å². The third-order valence-corrected chi connectivity index (χ3v) is 4.87. The lowest BCUT2D eigenvalue weighted by Crippen LogP contribution is -2.40. The number of anilines is 1. The summed E-state index contributed by atoms with van der Waals surface area (Å²) < 4.78 is 13.2. The van der Waals surface area contributed by atoms with Crippen molar-refractivity contribution in [2.24, 2.45) is 0 Å². The van der Waals surface area contributed by atoms with Gasteiger partial charge in [0.25, 0.3) is 5.69 Å². The SMILES string of the molecule is CSC1(CNc2ccc(F)cc2[N+](=O)[O-])CCC1. The van der Waals surface area contributed by atoms with Gasteiger partial charge in [-0.2, -0.15) is 11.8 Å².